The molecule has 2 aromatic rings. The van der Waals surface area contributed by atoms with E-state index in [0.29, 0.717) is 11.1 Å². The Labute approximate surface area is 147 Å². The minimum absolute atomic E-state index is 0.270. The second-order valence-electron chi connectivity index (χ2n) is 5.54. The molecule has 0 saturated heterocycles. The third kappa shape index (κ3) is 3.66. The van der Waals surface area contributed by atoms with Crippen LogP contribution in [0.5, 0.6) is 0 Å². The number of rotatable bonds is 5. The second-order valence-corrected chi connectivity index (χ2v) is 7.11. The van der Waals surface area contributed by atoms with Gasteiger partial charge in [-0.15, -0.1) is 0 Å². The lowest BCUT2D eigenvalue weighted by Crippen LogP contribution is -2.16. The molecule has 0 spiro atoms. The zero-order chi connectivity index (χ0) is 18.9. The molecule has 1 aliphatic heterocycles. The van der Waals surface area contributed by atoms with E-state index in [4.69, 9.17) is 16.0 Å². The summed E-state index contributed by atoms with van der Waals surface area (Å²) in [5, 5.41) is 0. The van der Waals surface area contributed by atoms with Crippen molar-refractivity contribution in [3.05, 3.63) is 82.9 Å². The standard InChI is InChI=1S/C18H17NO5S/c1-12-7-5-6-10-14(12)16-15(20)17(18(19)23-16)24-25(21,22)11-13-8-3-2-4-9-13/h2-10,16H,11,19H2,1H3/t16-/m1/s1/i16D. The number of carbonyl (C=O) groups excluding carboxylic acids is 1. The van der Waals surface area contributed by atoms with Gasteiger partial charge in [0.2, 0.25) is 17.4 Å². The number of nitrogens with two attached hydrogens (primary N) is 1. The smallest absolute Gasteiger partial charge is 0.313 e. The van der Waals surface area contributed by atoms with E-state index in [9.17, 15) is 13.2 Å². The maximum Gasteiger partial charge on any atom is 0.313 e. The van der Waals surface area contributed by atoms with Gasteiger partial charge in [0, 0.05) is 5.56 Å². The van der Waals surface area contributed by atoms with Crippen molar-refractivity contribution >= 4 is 15.9 Å². The van der Waals surface area contributed by atoms with Crippen LogP contribution in [0, 0.1) is 6.92 Å². The molecule has 1 aliphatic rings. The van der Waals surface area contributed by atoms with Crippen LogP contribution in [0.3, 0.4) is 0 Å². The third-order valence-electron chi connectivity index (χ3n) is 3.63. The number of ketones is 1. The fourth-order valence-electron chi connectivity index (χ4n) is 2.44. The highest BCUT2D eigenvalue weighted by atomic mass is 32.2. The highest BCUT2D eigenvalue weighted by Crippen LogP contribution is 2.34. The average Bonchev–Trinajstić information content (AvgIpc) is 2.79. The number of benzene rings is 2. The Morgan fingerprint density at radius 2 is 1.80 bits per heavy atom. The Morgan fingerprint density at radius 1 is 1.16 bits per heavy atom. The van der Waals surface area contributed by atoms with Gasteiger partial charge in [0.15, 0.2) is 6.08 Å². The van der Waals surface area contributed by atoms with Gasteiger partial charge in [-0.25, -0.2) is 0 Å². The summed E-state index contributed by atoms with van der Waals surface area (Å²) in [5.74, 6) is -2.59. The van der Waals surface area contributed by atoms with E-state index >= 15 is 0 Å². The first-order valence-corrected chi connectivity index (χ1v) is 9.06. The molecule has 1 heterocycles. The summed E-state index contributed by atoms with van der Waals surface area (Å²) in [7, 11) is -4.15. The molecule has 130 valence electrons. The average molecular weight is 360 g/mol. The summed E-state index contributed by atoms with van der Waals surface area (Å²) >= 11 is 0. The molecule has 0 bridgehead atoms. The first kappa shape index (κ1) is 15.7. The van der Waals surface area contributed by atoms with Crippen LogP contribution in [-0.4, -0.2) is 14.2 Å². The van der Waals surface area contributed by atoms with Gasteiger partial charge < -0.3 is 14.7 Å². The number of ether oxygens (including phenoxy) is 1. The molecular formula is C18H17NO5S. The summed E-state index contributed by atoms with van der Waals surface area (Å²) in [6.45, 7) is 1.71. The molecule has 2 N–H and O–H groups in total. The van der Waals surface area contributed by atoms with Crippen LogP contribution in [0.4, 0.5) is 0 Å². The van der Waals surface area contributed by atoms with Crippen LogP contribution >= 0.6 is 0 Å². The number of carbonyl (C=O) groups is 1. The summed E-state index contributed by atoms with van der Waals surface area (Å²) in [4.78, 5) is 12.7. The van der Waals surface area contributed by atoms with Crippen molar-refractivity contribution in [1.82, 2.24) is 0 Å². The van der Waals surface area contributed by atoms with Gasteiger partial charge in [0.25, 0.3) is 0 Å². The molecule has 0 aromatic heterocycles. The lowest BCUT2D eigenvalue weighted by molar-refractivity contribution is -0.123. The van der Waals surface area contributed by atoms with Crippen LogP contribution in [0.1, 0.15) is 24.1 Å². The first-order valence-electron chi connectivity index (χ1n) is 7.99. The largest absolute Gasteiger partial charge is 0.460 e. The Morgan fingerprint density at radius 3 is 2.48 bits per heavy atom. The molecule has 2 aromatic carbocycles. The van der Waals surface area contributed by atoms with Crippen molar-refractivity contribution in [2.24, 2.45) is 5.73 Å². The SMILES string of the molecule is [2H][C@]1(c2ccccc2C)OC(N)=C(OS(=O)(=O)Cc2ccccc2)C1=O. The molecule has 6 nitrogen and oxygen atoms in total. The summed E-state index contributed by atoms with van der Waals surface area (Å²) in [6.07, 6.45) is -2.17. The molecule has 1 atom stereocenters. The summed E-state index contributed by atoms with van der Waals surface area (Å²) in [6, 6.07) is 15.0. The van der Waals surface area contributed by atoms with Gasteiger partial charge in [-0.2, -0.15) is 8.42 Å². The van der Waals surface area contributed by atoms with E-state index in [-0.39, 0.29) is 5.56 Å². The van der Waals surface area contributed by atoms with Crippen molar-refractivity contribution < 1.29 is 23.5 Å². The Balaban J connectivity index is 1.86. The minimum Gasteiger partial charge on any atom is -0.460 e. The Kier molecular flexibility index (Phi) is 4.15. The Bertz CT molecular complexity index is 988. The van der Waals surface area contributed by atoms with Gasteiger partial charge in [0.05, 0.1) is 1.37 Å². The van der Waals surface area contributed by atoms with Gasteiger partial charge in [0.1, 0.15) is 5.75 Å². The molecule has 0 amide bonds. The van der Waals surface area contributed by atoms with Crippen molar-refractivity contribution in [1.29, 1.82) is 0 Å². The van der Waals surface area contributed by atoms with Gasteiger partial charge >= 0.3 is 10.1 Å². The first-order chi connectivity index (χ1) is 12.2. The predicted octanol–water partition coefficient (Wildman–Crippen LogP) is 2.31. The minimum atomic E-state index is -4.15. The maximum atomic E-state index is 12.7. The van der Waals surface area contributed by atoms with Crippen molar-refractivity contribution in [2.45, 2.75) is 18.8 Å². The number of aryl methyl sites for hydroxylation is 1. The summed E-state index contributed by atoms with van der Waals surface area (Å²) in [5.41, 5.74) is 7.06. The fraction of sp³-hybridized carbons (Fsp3) is 0.167. The number of hydrogen-bond acceptors (Lipinski definition) is 6. The molecule has 7 heteroatoms. The van der Waals surface area contributed by atoms with Crippen LogP contribution in [-0.2, 0) is 29.6 Å². The third-order valence-corrected chi connectivity index (χ3v) is 4.74. The highest BCUT2D eigenvalue weighted by molar-refractivity contribution is 7.86. The normalized spacial score (nSPS) is 21.0. The quantitative estimate of drug-likeness (QED) is 0.822. The maximum absolute atomic E-state index is 12.7. The molecule has 0 aliphatic carbocycles. The highest BCUT2D eigenvalue weighted by Gasteiger charge is 2.40. The van der Waals surface area contributed by atoms with Crippen molar-refractivity contribution in [3.63, 3.8) is 0 Å². The van der Waals surface area contributed by atoms with Gasteiger partial charge in [-0.05, 0) is 18.1 Å². The topological polar surface area (TPSA) is 95.7 Å². The van der Waals surface area contributed by atoms with E-state index < -0.39 is 39.4 Å². The van der Waals surface area contributed by atoms with Crippen LogP contribution < -0.4 is 5.73 Å². The molecular weight excluding hydrogens is 342 g/mol. The van der Waals surface area contributed by atoms with Gasteiger partial charge in [-0.1, -0.05) is 54.6 Å². The second kappa shape index (κ2) is 6.60. The van der Waals surface area contributed by atoms with Crippen molar-refractivity contribution in [2.75, 3.05) is 0 Å². The lowest BCUT2D eigenvalue weighted by Gasteiger charge is -2.12. The molecule has 0 saturated carbocycles. The number of hydrogen-bond donors (Lipinski definition) is 1. The fourth-order valence-corrected chi connectivity index (χ4v) is 3.51. The van der Waals surface area contributed by atoms with Crippen LogP contribution in [0.15, 0.2) is 66.2 Å². The predicted molar refractivity (Wildman–Crippen MR) is 91.4 cm³/mol. The van der Waals surface area contributed by atoms with Crippen molar-refractivity contribution in [3.8, 4) is 0 Å². The Hall–Kier alpha value is -2.80. The van der Waals surface area contributed by atoms with E-state index in [2.05, 4.69) is 0 Å². The lowest BCUT2D eigenvalue weighted by atomic mass is 10.0. The molecule has 0 radical (unpaired) electrons. The van der Waals surface area contributed by atoms with E-state index in [1.54, 1.807) is 61.5 Å². The van der Waals surface area contributed by atoms with E-state index in [1.807, 2.05) is 0 Å². The van der Waals surface area contributed by atoms with Crippen LogP contribution in [0.25, 0.3) is 0 Å². The molecule has 25 heavy (non-hydrogen) atoms. The molecule has 0 unspecified atom stereocenters. The summed E-state index contributed by atoms with van der Waals surface area (Å²) < 4.78 is 43.1. The zero-order valence-electron chi connectivity index (χ0n) is 14.4. The monoisotopic (exact) mass is 360 g/mol. The molecule has 0 fully saturated rings. The molecule has 3 rings (SSSR count). The van der Waals surface area contributed by atoms with Crippen LogP contribution in [0.2, 0.25) is 0 Å². The van der Waals surface area contributed by atoms with E-state index in [0.717, 1.165) is 0 Å². The van der Waals surface area contributed by atoms with Gasteiger partial charge in [-0.3, -0.25) is 4.79 Å². The number of Topliss-reactive ketones (excluding diaryl/α,β-unsaturated/α-hetero) is 1. The zero-order valence-corrected chi connectivity index (χ0v) is 14.2. The van der Waals surface area contributed by atoms with E-state index in [1.165, 1.54) is 0 Å².